The van der Waals surface area contributed by atoms with E-state index in [1.807, 2.05) is 40.9 Å². The van der Waals surface area contributed by atoms with Crippen molar-refractivity contribution in [2.75, 3.05) is 25.1 Å². The Morgan fingerprint density at radius 3 is 2.65 bits per heavy atom. The normalized spacial score (nSPS) is 19.2. The maximum atomic E-state index is 6.82. The second kappa shape index (κ2) is 7.53. The third-order valence-corrected chi connectivity index (χ3v) is 7.99. The topological polar surface area (TPSA) is 99.4 Å². The van der Waals surface area contributed by atoms with E-state index in [1.54, 1.807) is 7.11 Å². The van der Waals surface area contributed by atoms with Gasteiger partial charge < -0.3 is 15.4 Å². The summed E-state index contributed by atoms with van der Waals surface area (Å²) in [6.07, 6.45) is 8.68. The molecule has 9 nitrogen and oxygen atoms in total. The molecule has 0 aromatic carbocycles. The molecule has 0 bridgehead atoms. The van der Waals surface area contributed by atoms with Crippen molar-refractivity contribution in [2.45, 2.75) is 39.2 Å². The average molecular weight is 459 g/mol. The molecule has 34 heavy (non-hydrogen) atoms. The van der Waals surface area contributed by atoms with E-state index in [4.69, 9.17) is 15.5 Å². The Labute approximate surface area is 198 Å². The largest absolute Gasteiger partial charge is 0.481 e. The number of piperidine rings is 1. The quantitative estimate of drug-likeness (QED) is 0.504. The van der Waals surface area contributed by atoms with E-state index in [0.717, 1.165) is 66.3 Å². The van der Waals surface area contributed by atoms with Gasteiger partial charge in [-0.2, -0.15) is 10.2 Å². The van der Waals surface area contributed by atoms with Crippen LogP contribution in [0.5, 0.6) is 5.88 Å². The van der Waals surface area contributed by atoms with Crippen LogP contribution in [-0.4, -0.2) is 49.6 Å². The number of nitrogens with zero attached hydrogens (tertiary/aromatic N) is 7. The Morgan fingerprint density at radius 2 is 1.94 bits per heavy atom. The number of hydrogen-bond donors (Lipinski definition) is 1. The van der Waals surface area contributed by atoms with Crippen molar-refractivity contribution in [1.82, 2.24) is 29.4 Å². The van der Waals surface area contributed by atoms with E-state index < -0.39 is 0 Å². The summed E-state index contributed by atoms with van der Waals surface area (Å²) in [4.78, 5) is 11.9. The van der Waals surface area contributed by atoms with Gasteiger partial charge in [0, 0.05) is 49.7 Å². The van der Waals surface area contributed by atoms with E-state index in [1.165, 1.54) is 11.1 Å². The van der Waals surface area contributed by atoms with E-state index in [2.05, 4.69) is 40.0 Å². The van der Waals surface area contributed by atoms with Crippen molar-refractivity contribution in [3.8, 4) is 17.1 Å². The van der Waals surface area contributed by atoms with Crippen LogP contribution >= 0.6 is 0 Å². The number of hydrogen-bond acceptors (Lipinski definition) is 7. The van der Waals surface area contributed by atoms with E-state index in [-0.39, 0.29) is 11.5 Å². The number of aromatic nitrogens is 6. The first-order valence-corrected chi connectivity index (χ1v) is 11.8. The fourth-order valence-corrected chi connectivity index (χ4v) is 5.84. The molecule has 6 rings (SSSR count). The number of nitrogens with two attached hydrogens (primary N) is 1. The molecule has 1 spiro atoms. The summed E-state index contributed by atoms with van der Waals surface area (Å²) < 4.78 is 9.24. The van der Waals surface area contributed by atoms with Crippen molar-refractivity contribution in [2.24, 2.45) is 18.2 Å². The minimum atomic E-state index is 0.00200. The van der Waals surface area contributed by atoms with Gasteiger partial charge >= 0.3 is 0 Å². The lowest BCUT2D eigenvalue weighted by Gasteiger charge is -2.42. The maximum absolute atomic E-state index is 6.82. The number of ether oxygens (including phenoxy) is 1. The summed E-state index contributed by atoms with van der Waals surface area (Å²) in [6, 6.07) is 4.07. The van der Waals surface area contributed by atoms with Crippen molar-refractivity contribution in [3.05, 3.63) is 53.2 Å². The lowest BCUT2D eigenvalue weighted by molar-refractivity contribution is 0.187. The van der Waals surface area contributed by atoms with Gasteiger partial charge in [0.1, 0.15) is 5.52 Å². The standard InChI is InChI=1S/C25H30N8O/c1-15-22(19-14-29-31(3)16(19)2)33-20(5-8-28-33)24(30-15)32-9-6-25(7-10-32)12-17-13-27-21(34-4)11-18(17)23(25)26/h5,8,11,13-14,23H,6-7,9-10,12,26H2,1-4H3/t23-/m1/s1. The lowest BCUT2D eigenvalue weighted by Crippen LogP contribution is -2.44. The number of pyridine rings is 1. The summed E-state index contributed by atoms with van der Waals surface area (Å²) in [5, 5.41) is 9.09. The molecule has 1 saturated heterocycles. The third kappa shape index (κ3) is 2.96. The fraction of sp³-hybridized carbons (Fsp3) is 0.440. The summed E-state index contributed by atoms with van der Waals surface area (Å²) in [5.41, 5.74) is 14.4. The third-order valence-electron chi connectivity index (χ3n) is 7.99. The number of aryl methyl sites for hydroxylation is 2. The highest BCUT2D eigenvalue weighted by Gasteiger charge is 2.46. The molecule has 1 aliphatic carbocycles. The Morgan fingerprint density at radius 1 is 1.15 bits per heavy atom. The molecule has 2 aliphatic rings. The molecular formula is C25H30N8O. The molecule has 4 aromatic heterocycles. The van der Waals surface area contributed by atoms with Gasteiger partial charge in [0.2, 0.25) is 5.88 Å². The molecule has 4 aromatic rings. The van der Waals surface area contributed by atoms with Crippen LogP contribution < -0.4 is 15.4 Å². The van der Waals surface area contributed by atoms with Gasteiger partial charge in [-0.3, -0.25) is 4.68 Å². The summed E-state index contributed by atoms with van der Waals surface area (Å²) >= 11 is 0. The molecule has 9 heteroatoms. The lowest BCUT2D eigenvalue weighted by atomic mass is 9.73. The zero-order valence-electron chi connectivity index (χ0n) is 20.1. The Balaban J connectivity index is 1.31. The van der Waals surface area contributed by atoms with E-state index >= 15 is 0 Å². The first kappa shape index (κ1) is 21.1. The van der Waals surface area contributed by atoms with Crippen LogP contribution in [0.1, 0.15) is 41.4 Å². The van der Waals surface area contributed by atoms with E-state index in [0.29, 0.717) is 5.88 Å². The van der Waals surface area contributed by atoms with Crippen LogP contribution in [0.2, 0.25) is 0 Å². The SMILES string of the molecule is COc1cc2c(cn1)CC1(CCN(c3nc(C)c(-c4cnn(C)c4C)n4nccc34)CC1)[C@@H]2N. The van der Waals surface area contributed by atoms with Gasteiger partial charge in [0.05, 0.1) is 30.9 Å². The van der Waals surface area contributed by atoms with Gasteiger partial charge in [-0.05, 0) is 55.7 Å². The molecule has 1 aliphatic heterocycles. The Kier molecular flexibility index (Phi) is 4.67. The second-order valence-electron chi connectivity index (χ2n) is 9.69. The van der Waals surface area contributed by atoms with Crippen molar-refractivity contribution >= 4 is 11.3 Å². The summed E-state index contributed by atoms with van der Waals surface area (Å²) in [7, 11) is 3.61. The van der Waals surface area contributed by atoms with Crippen LogP contribution in [0.15, 0.2) is 30.7 Å². The monoisotopic (exact) mass is 458 g/mol. The molecule has 0 saturated carbocycles. The van der Waals surface area contributed by atoms with Gasteiger partial charge in [0.15, 0.2) is 5.82 Å². The number of fused-ring (bicyclic) bond motifs is 2. The first-order chi connectivity index (χ1) is 16.4. The number of anilines is 1. The predicted molar refractivity (Wildman–Crippen MR) is 130 cm³/mol. The molecule has 2 N–H and O–H groups in total. The highest BCUT2D eigenvalue weighted by molar-refractivity contribution is 5.76. The van der Waals surface area contributed by atoms with Crippen LogP contribution in [0.4, 0.5) is 5.82 Å². The van der Waals surface area contributed by atoms with Crippen LogP contribution in [0.25, 0.3) is 16.8 Å². The zero-order chi connectivity index (χ0) is 23.6. The van der Waals surface area contributed by atoms with Crippen molar-refractivity contribution < 1.29 is 4.74 Å². The maximum Gasteiger partial charge on any atom is 0.213 e. The van der Waals surface area contributed by atoms with Gasteiger partial charge in [-0.1, -0.05) is 0 Å². The smallest absolute Gasteiger partial charge is 0.213 e. The van der Waals surface area contributed by atoms with Crippen molar-refractivity contribution in [3.63, 3.8) is 0 Å². The first-order valence-electron chi connectivity index (χ1n) is 11.8. The average Bonchev–Trinajstić information content (AvgIpc) is 3.52. The molecule has 0 radical (unpaired) electrons. The molecule has 1 fully saturated rings. The van der Waals surface area contributed by atoms with Crippen LogP contribution in [0.3, 0.4) is 0 Å². The zero-order valence-corrected chi connectivity index (χ0v) is 20.1. The summed E-state index contributed by atoms with van der Waals surface area (Å²) in [6.45, 7) is 5.94. The van der Waals surface area contributed by atoms with Gasteiger partial charge in [-0.25, -0.2) is 14.5 Å². The predicted octanol–water partition coefficient (Wildman–Crippen LogP) is 2.99. The highest BCUT2D eigenvalue weighted by atomic mass is 16.5. The highest BCUT2D eigenvalue weighted by Crippen LogP contribution is 2.51. The fourth-order valence-electron chi connectivity index (χ4n) is 5.84. The Hall–Kier alpha value is -3.46. The molecule has 0 amide bonds. The van der Waals surface area contributed by atoms with Gasteiger partial charge in [-0.15, -0.1) is 0 Å². The van der Waals surface area contributed by atoms with Crippen LogP contribution in [-0.2, 0) is 13.5 Å². The molecule has 176 valence electrons. The molecule has 1 atom stereocenters. The minimum absolute atomic E-state index is 0.00200. The van der Waals surface area contributed by atoms with Gasteiger partial charge in [0.25, 0.3) is 0 Å². The van der Waals surface area contributed by atoms with Crippen molar-refractivity contribution in [1.29, 1.82) is 0 Å². The molecular weight excluding hydrogens is 428 g/mol. The molecule has 5 heterocycles. The summed E-state index contributed by atoms with van der Waals surface area (Å²) in [5.74, 6) is 1.62. The number of methoxy groups -OCH3 is 1. The Bertz CT molecular complexity index is 1400. The van der Waals surface area contributed by atoms with Crippen LogP contribution in [0, 0.1) is 19.3 Å². The molecule has 0 unspecified atom stereocenters. The minimum Gasteiger partial charge on any atom is -0.481 e. The number of rotatable bonds is 3. The second-order valence-corrected chi connectivity index (χ2v) is 9.69. The van der Waals surface area contributed by atoms with E-state index in [9.17, 15) is 0 Å².